The average Bonchev–Trinajstić information content (AvgIpc) is 2.81. The Hall–Kier alpha value is -3.67. The number of anilines is 1. The highest BCUT2D eigenvalue weighted by Gasteiger charge is 2.23. The van der Waals surface area contributed by atoms with Crippen molar-refractivity contribution >= 4 is 23.2 Å². The molecule has 0 radical (unpaired) electrons. The molecule has 0 aromatic heterocycles. The molecule has 0 bridgehead atoms. The summed E-state index contributed by atoms with van der Waals surface area (Å²) in [5, 5.41) is 2.94. The number of carbonyl (C=O) groups is 1. The van der Waals surface area contributed by atoms with Crippen molar-refractivity contribution in [3.8, 4) is 0 Å². The molecule has 1 fully saturated rings. The normalized spacial score (nSPS) is 14.4. The number of hydrogen-bond donors (Lipinski definition) is 1. The number of aliphatic imine (C=N–C) groups is 1. The molecule has 3 aromatic rings. The summed E-state index contributed by atoms with van der Waals surface area (Å²) in [5.74, 6) is -0.176. The molecule has 1 aliphatic rings. The van der Waals surface area contributed by atoms with Crippen molar-refractivity contribution in [2.24, 2.45) is 4.99 Å². The molecule has 0 spiro atoms. The van der Waals surface area contributed by atoms with Crippen LogP contribution in [0.2, 0.25) is 0 Å². The molecule has 0 saturated carbocycles. The number of rotatable bonds is 3. The van der Waals surface area contributed by atoms with Crippen LogP contribution in [-0.2, 0) is 0 Å². The van der Waals surface area contributed by atoms with Crippen LogP contribution < -0.4 is 10.2 Å². The zero-order valence-corrected chi connectivity index (χ0v) is 18.4. The summed E-state index contributed by atoms with van der Waals surface area (Å²) in [5.41, 5.74) is 4.90. The number of nitrogens with zero attached hydrogens (tertiary/aromatic N) is 3. The molecule has 3 aromatic carbocycles. The fourth-order valence-electron chi connectivity index (χ4n) is 3.80. The van der Waals surface area contributed by atoms with Gasteiger partial charge < -0.3 is 9.80 Å². The first-order chi connectivity index (χ1) is 15.5. The molecule has 6 heteroatoms. The maximum absolute atomic E-state index is 13.3. The summed E-state index contributed by atoms with van der Waals surface area (Å²) in [6.45, 7) is 7.34. The van der Waals surface area contributed by atoms with E-state index in [0.717, 1.165) is 31.9 Å². The lowest BCUT2D eigenvalue weighted by atomic mass is 10.1. The standard InChI is InChI=1S/C26H27FN4O/c1-19-8-9-20(2)24(18-19)30-14-16-31(17-15-30)26(28-23-6-4-3-5-7-23)29-25(32)21-10-12-22(27)13-11-21/h3-13,18H,14-17H2,1-2H3,(H,28,29,32). The van der Waals surface area contributed by atoms with Crippen LogP contribution in [0.1, 0.15) is 21.5 Å². The van der Waals surface area contributed by atoms with E-state index in [0.29, 0.717) is 11.5 Å². The van der Waals surface area contributed by atoms with Crippen LogP contribution >= 0.6 is 0 Å². The van der Waals surface area contributed by atoms with Crippen molar-refractivity contribution in [2.75, 3.05) is 31.1 Å². The number of carbonyl (C=O) groups excluding carboxylic acids is 1. The number of amides is 1. The molecule has 0 atom stereocenters. The zero-order valence-electron chi connectivity index (χ0n) is 18.4. The predicted octanol–water partition coefficient (Wildman–Crippen LogP) is 4.68. The number of hydrogen-bond acceptors (Lipinski definition) is 3. The molecule has 1 heterocycles. The Morgan fingerprint density at radius 3 is 2.28 bits per heavy atom. The van der Waals surface area contributed by atoms with Crippen LogP contribution in [0.5, 0.6) is 0 Å². The summed E-state index contributed by atoms with van der Waals surface area (Å²) in [6.07, 6.45) is 0. The predicted molar refractivity (Wildman–Crippen MR) is 127 cm³/mol. The van der Waals surface area contributed by atoms with Gasteiger partial charge in [0.1, 0.15) is 5.82 Å². The lowest BCUT2D eigenvalue weighted by Crippen LogP contribution is -2.53. The van der Waals surface area contributed by atoms with Crippen molar-refractivity contribution in [2.45, 2.75) is 13.8 Å². The van der Waals surface area contributed by atoms with E-state index >= 15 is 0 Å². The fraction of sp³-hybridized carbons (Fsp3) is 0.231. The largest absolute Gasteiger partial charge is 0.368 e. The monoisotopic (exact) mass is 430 g/mol. The van der Waals surface area contributed by atoms with Gasteiger partial charge in [-0.15, -0.1) is 0 Å². The lowest BCUT2D eigenvalue weighted by molar-refractivity contribution is 0.0971. The summed E-state index contributed by atoms with van der Waals surface area (Å²) in [4.78, 5) is 22.0. The van der Waals surface area contributed by atoms with Gasteiger partial charge >= 0.3 is 0 Å². The van der Waals surface area contributed by atoms with Gasteiger partial charge in [-0.3, -0.25) is 10.1 Å². The highest BCUT2D eigenvalue weighted by atomic mass is 19.1. The second-order valence-corrected chi connectivity index (χ2v) is 8.00. The molecule has 4 rings (SSSR count). The molecule has 1 N–H and O–H groups in total. The van der Waals surface area contributed by atoms with Gasteiger partial charge in [-0.1, -0.05) is 30.3 Å². The van der Waals surface area contributed by atoms with Gasteiger partial charge in [0.05, 0.1) is 5.69 Å². The summed E-state index contributed by atoms with van der Waals surface area (Å²) in [6, 6.07) is 21.6. The third-order valence-corrected chi connectivity index (χ3v) is 5.61. The van der Waals surface area contributed by atoms with Crippen molar-refractivity contribution < 1.29 is 9.18 Å². The molecule has 32 heavy (non-hydrogen) atoms. The van der Waals surface area contributed by atoms with E-state index in [9.17, 15) is 9.18 Å². The van der Waals surface area contributed by atoms with Gasteiger partial charge in [0.2, 0.25) is 5.96 Å². The molecular weight excluding hydrogens is 403 g/mol. The Morgan fingerprint density at radius 1 is 0.906 bits per heavy atom. The Bertz CT molecular complexity index is 1100. The molecule has 164 valence electrons. The minimum absolute atomic E-state index is 0.309. The molecule has 1 saturated heterocycles. The summed E-state index contributed by atoms with van der Waals surface area (Å²) in [7, 11) is 0. The number of benzene rings is 3. The summed E-state index contributed by atoms with van der Waals surface area (Å²) >= 11 is 0. The van der Waals surface area contributed by atoms with Crippen LogP contribution in [-0.4, -0.2) is 42.9 Å². The second kappa shape index (κ2) is 9.64. The summed E-state index contributed by atoms with van der Waals surface area (Å²) < 4.78 is 13.3. The van der Waals surface area contributed by atoms with E-state index in [4.69, 9.17) is 4.99 Å². The minimum atomic E-state index is -0.373. The first-order valence-corrected chi connectivity index (χ1v) is 10.8. The van der Waals surface area contributed by atoms with Gasteiger partial charge in [0, 0.05) is 37.4 Å². The van der Waals surface area contributed by atoms with Gasteiger partial charge in [-0.25, -0.2) is 9.38 Å². The highest BCUT2D eigenvalue weighted by molar-refractivity contribution is 6.06. The van der Waals surface area contributed by atoms with E-state index in [-0.39, 0.29) is 11.7 Å². The van der Waals surface area contributed by atoms with Crippen molar-refractivity contribution in [3.05, 3.63) is 95.3 Å². The van der Waals surface area contributed by atoms with Crippen LogP contribution in [0.3, 0.4) is 0 Å². The number of nitrogens with one attached hydrogen (secondary N) is 1. The maximum Gasteiger partial charge on any atom is 0.257 e. The van der Waals surface area contributed by atoms with Crippen molar-refractivity contribution in [1.82, 2.24) is 10.2 Å². The molecule has 0 aliphatic carbocycles. The highest BCUT2D eigenvalue weighted by Crippen LogP contribution is 2.23. The first-order valence-electron chi connectivity index (χ1n) is 10.8. The van der Waals surface area contributed by atoms with E-state index in [2.05, 4.69) is 47.2 Å². The van der Waals surface area contributed by atoms with E-state index in [1.54, 1.807) is 0 Å². The average molecular weight is 431 g/mol. The van der Waals surface area contributed by atoms with Crippen molar-refractivity contribution in [3.63, 3.8) is 0 Å². The lowest BCUT2D eigenvalue weighted by Gasteiger charge is -2.38. The Balaban J connectivity index is 1.53. The Morgan fingerprint density at radius 2 is 1.59 bits per heavy atom. The quantitative estimate of drug-likeness (QED) is 0.485. The number of guanidine groups is 1. The van der Waals surface area contributed by atoms with Crippen LogP contribution in [0.25, 0.3) is 0 Å². The number of aryl methyl sites for hydroxylation is 2. The smallest absolute Gasteiger partial charge is 0.257 e. The zero-order chi connectivity index (χ0) is 22.5. The molecule has 1 aliphatic heterocycles. The van der Waals surface area contributed by atoms with Crippen LogP contribution in [0.4, 0.5) is 15.8 Å². The van der Waals surface area contributed by atoms with Crippen LogP contribution in [0, 0.1) is 19.7 Å². The van der Waals surface area contributed by atoms with Gasteiger partial charge in [-0.2, -0.15) is 0 Å². The van der Waals surface area contributed by atoms with E-state index in [1.807, 2.05) is 30.3 Å². The second-order valence-electron chi connectivity index (χ2n) is 8.00. The fourth-order valence-corrected chi connectivity index (χ4v) is 3.80. The third-order valence-electron chi connectivity index (χ3n) is 5.61. The maximum atomic E-state index is 13.3. The topological polar surface area (TPSA) is 47.9 Å². The van der Waals surface area contributed by atoms with E-state index in [1.165, 1.54) is 41.1 Å². The van der Waals surface area contributed by atoms with Gasteiger partial charge in [0.15, 0.2) is 0 Å². The van der Waals surface area contributed by atoms with Gasteiger partial charge in [-0.05, 0) is 67.4 Å². The SMILES string of the molecule is Cc1ccc(C)c(N2CCN(C(=Nc3ccccc3)NC(=O)c3ccc(F)cc3)CC2)c1. The van der Waals surface area contributed by atoms with Gasteiger partial charge in [0.25, 0.3) is 5.91 Å². The van der Waals surface area contributed by atoms with Crippen molar-refractivity contribution in [1.29, 1.82) is 0 Å². The molecular formula is C26H27FN4O. The third kappa shape index (κ3) is 5.14. The molecule has 1 amide bonds. The first kappa shape index (κ1) is 21.6. The van der Waals surface area contributed by atoms with E-state index < -0.39 is 0 Å². The number of piperazine rings is 1. The Kier molecular flexibility index (Phi) is 6.50. The minimum Gasteiger partial charge on any atom is -0.368 e. The number of halogens is 1. The Labute approximate surface area is 188 Å². The van der Waals surface area contributed by atoms with Crippen LogP contribution in [0.15, 0.2) is 77.8 Å². The number of para-hydroxylation sites is 1. The molecule has 5 nitrogen and oxygen atoms in total. The molecule has 0 unspecified atom stereocenters.